The highest BCUT2D eigenvalue weighted by molar-refractivity contribution is 5.18. The lowest BCUT2D eigenvalue weighted by Gasteiger charge is -2.59. The third kappa shape index (κ3) is 2.98. The van der Waals surface area contributed by atoms with Crippen LogP contribution in [0.4, 0.5) is 0 Å². The Morgan fingerprint density at radius 3 is 2.62 bits per heavy atom. The fourth-order valence-electron chi connectivity index (χ4n) is 5.46. The Kier molecular flexibility index (Phi) is 4.70. The molecular formula is C19H32O2. The van der Waals surface area contributed by atoms with E-state index >= 15 is 0 Å². The van der Waals surface area contributed by atoms with E-state index < -0.39 is 6.10 Å². The van der Waals surface area contributed by atoms with Crippen LogP contribution in [0, 0.1) is 22.7 Å². The Balaban J connectivity index is 2.27. The van der Waals surface area contributed by atoms with Crippen LogP contribution in [-0.2, 0) is 0 Å². The number of aliphatic hydroxyl groups excluding tert-OH is 2. The van der Waals surface area contributed by atoms with Gasteiger partial charge in [0, 0.05) is 0 Å². The van der Waals surface area contributed by atoms with Gasteiger partial charge in [0.25, 0.3) is 0 Å². The summed E-state index contributed by atoms with van der Waals surface area (Å²) in [4.78, 5) is 0. The van der Waals surface area contributed by atoms with Gasteiger partial charge in [-0.2, -0.15) is 0 Å². The van der Waals surface area contributed by atoms with E-state index in [-0.39, 0.29) is 16.9 Å². The highest BCUT2D eigenvalue weighted by Crippen LogP contribution is 2.61. The summed E-state index contributed by atoms with van der Waals surface area (Å²) in [6.45, 7) is 14.9. The molecular weight excluding hydrogens is 260 g/mol. The molecule has 2 aliphatic rings. The average molecular weight is 292 g/mol. The number of hydrogen-bond donors (Lipinski definition) is 2. The quantitative estimate of drug-likeness (QED) is 0.766. The second-order valence-electron chi connectivity index (χ2n) is 8.19. The standard InChI is InChI=1S/C19H32O2/c1-6-14(20)8-9-15-13(2)12-16(21)17-18(3,4)10-7-11-19(15,17)5/h6,14-17,20-21H,1-2,7-12H2,3-5H3/t14-,15+,16+,17+,19-/m1/s1. The van der Waals surface area contributed by atoms with Crippen LogP contribution >= 0.6 is 0 Å². The zero-order valence-corrected chi connectivity index (χ0v) is 13.9. The second-order valence-corrected chi connectivity index (χ2v) is 8.19. The van der Waals surface area contributed by atoms with E-state index in [4.69, 9.17) is 0 Å². The van der Waals surface area contributed by atoms with Crippen LogP contribution in [0.3, 0.4) is 0 Å². The minimum absolute atomic E-state index is 0.109. The molecule has 0 spiro atoms. The van der Waals surface area contributed by atoms with Crippen molar-refractivity contribution in [3.8, 4) is 0 Å². The van der Waals surface area contributed by atoms with Gasteiger partial charge < -0.3 is 10.2 Å². The zero-order chi connectivity index (χ0) is 15.8. The van der Waals surface area contributed by atoms with Crippen LogP contribution in [0.25, 0.3) is 0 Å². The SMILES string of the molecule is C=C[C@@H](O)CC[C@H]1C(=C)C[C@H](O)[C@H]2C(C)(C)CCC[C@]12C. The Morgan fingerprint density at radius 1 is 1.33 bits per heavy atom. The topological polar surface area (TPSA) is 40.5 Å². The molecule has 0 saturated heterocycles. The molecule has 0 aromatic rings. The summed E-state index contributed by atoms with van der Waals surface area (Å²) >= 11 is 0. The average Bonchev–Trinajstić information content (AvgIpc) is 2.35. The lowest BCUT2D eigenvalue weighted by atomic mass is 9.46. The lowest BCUT2D eigenvalue weighted by molar-refractivity contribution is -0.122. The van der Waals surface area contributed by atoms with Crippen molar-refractivity contribution < 1.29 is 10.2 Å². The molecule has 0 bridgehead atoms. The summed E-state index contributed by atoms with van der Waals surface area (Å²) in [7, 11) is 0. The van der Waals surface area contributed by atoms with Gasteiger partial charge in [0.2, 0.25) is 0 Å². The molecule has 0 aliphatic heterocycles. The smallest absolute Gasteiger partial charge is 0.0718 e. The van der Waals surface area contributed by atoms with Gasteiger partial charge in [-0.1, -0.05) is 45.4 Å². The summed E-state index contributed by atoms with van der Waals surface area (Å²) in [5, 5.41) is 20.5. The van der Waals surface area contributed by atoms with E-state index in [1.54, 1.807) is 6.08 Å². The molecule has 2 saturated carbocycles. The van der Waals surface area contributed by atoms with E-state index in [0.29, 0.717) is 11.8 Å². The van der Waals surface area contributed by atoms with Gasteiger partial charge in [-0.25, -0.2) is 0 Å². The van der Waals surface area contributed by atoms with Crippen LogP contribution in [0.2, 0.25) is 0 Å². The largest absolute Gasteiger partial charge is 0.392 e. The van der Waals surface area contributed by atoms with Gasteiger partial charge in [0.05, 0.1) is 12.2 Å². The third-order valence-corrected chi connectivity index (χ3v) is 6.26. The summed E-state index contributed by atoms with van der Waals surface area (Å²) in [6.07, 6.45) is 6.91. The molecule has 0 radical (unpaired) electrons. The van der Waals surface area contributed by atoms with Gasteiger partial charge in [-0.15, -0.1) is 6.58 Å². The molecule has 2 rings (SSSR count). The maximum atomic E-state index is 10.7. The van der Waals surface area contributed by atoms with Crippen LogP contribution < -0.4 is 0 Å². The molecule has 2 nitrogen and oxygen atoms in total. The van der Waals surface area contributed by atoms with E-state index in [1.807, 2.05) is 0 Å². The molecule has 2 N–H and O–H groups in total. The first-order valence-corrected chi connectivity index (χ1v) is 8.38. The van der Waals surface area contributed by atoms with Crippen LogP contribution in [0.5, 0.6) is 0 Å². The first-order valence-electron chi connectivity index (χ1n) is 8.38. The van der Waals surface area contributed by atoms with E-state index in [1.165, 1.54) is 18.4 Å². The summed E-state index contributed by atoms with van der Waals surface area (Å²) < 4.78 is 0. The zero-order valence-electron chi connectivity index (χ0n) is 13.9. The molecule has 21 heavy (non-hydrogen) atoms. The minimum atomic E-state index is -0.427. The van der Waals surface area contributed by atoms with Gasteiger partial charge in [0.1, 0.15) is 0 Å². The van der Waals surface area contributed by atoms with Crippen molar-refractivity contribution in [3.05, 3.63) is 24.8 Å². The highest BCUT2D eigenvalue weighted by atomic mass is 16.3. The molecule has 2 fully saturated rings. The van der Waals surface area contributed by atoms with Crippen LogP contribution in [0.15, 0.2) is 24.8 Å². The first-order chi connectivity index (χ1) is 9.72. The van der Waals surface area contributed by atoms with Gasteiger partial charge in [-0.05, 0) is 54.8 Å². The lowest BCUT2D eigenvalue weighted by Crippen LogP contribution is -2.55. The number of fused-ring (bicyclic) bond motifs is 1. The van der Waals surface area contributed by atoms with Crippen LogP contribution in [0.1, 0.15) is 59.3 Å². The van der Waals surface area contributed by atoms with Gasteiger partial charge >= 0.3 is 0 Å². The van der Waals surface area contributed by atoms with Crippen molar-refractivity contribution in [3.63, 3.8) is 0 Å². The molecule has 0 aromatic carbocycles. The molecule has 0 aromatic heterocycles. The third-order valence-electron chi connectivity index (χ3n) is 6.26. The first kappa shape index (κ1) is 16.8. The number of aliphatic hydroxyl groups is 2. The Bertz CT molecular complexity index is 412. The summed E-state index contributed by atoms with van der Waals surface area (Å²) in [5.74, 6) is 0.732. The second kappa shape index (κ2) is 5.89. The van der Waals surface area contributed by atoms with E-state index in [9.17, 15) is 10.2 Å². The van der Waals surface area contributed by atoms with Crippen molar-refractivity contribution in [2.75, 3.05) is 0 Å². The molecule has 0 heterocycles. The summed E-state index contributed by atoms with van der Waals surface area (Å²) in [6, 6.07) is 0. The normalized spacial score (nSPS) is 40.4. The van der Waals surface area contributed by atoms with Crippen molar-refractivity contribution in [2.45, 2.75) is 71.5 Å². The molecule has 2 aliphatic carbocycles. The Morgan fingerprint density at radius 2 is 2.00 bits per heavy atom. The minimum Gasteiger partial charge on any atom is -0.392 e. The maximum Gasteiger partial charge on any atom is 0.0718 e. The Hall–Kier alpha value is -0.600. The Labute approximate surface area is 130 Å². The highest BCUT2D eigenvalue weighted by Gasteiger charge is 2.56. The van der Waals surface area contributed by atoms with Crippen molar-refractivity contribution >= 4 is 0 Å². The van der Waals surface area contributed by atoms with Gasteiger partial charge in [-0.3, -0.25) is 0 Å². The van der Waals surface area contributed by atoms with Crippen molar-refractivity contribution in [2.24, 2.45) is 22.7 Å². The predicted molar refractivity (Wildman–Crippen MR) is 87.9 cm³/mol. The van der Waals surface area contributed by atoms with Crippen molar-refractivity contribution in [1.29, 1.82) is 0 Å². The van der Waals surface area contributed by atoms with Crippen LogP contribution in [-0.4, -0.2) is 22.4 Å². The molecule has 0 amide bonds. The number of rotatable bonds is 4. The molecule has 2 heteroatoms. The molecule has 5 atom stereocenters. The number of hydrogen-bond acceptors (Lipinski definition) is 2. The summed E-state index contributed by atoms with van der Waals surface area (Å²) in [5.41, 5.74) is 1.47. The predicted octanol–water partition coefficient (Wildman–Crippen LogP) is 4.08. The maximum absolute atomic E-state index is 10.7. The van der Waals surface area contributed by atoms with Gasteiger partial charge in [0.15, 0.2) is 0 Å². The monoisotopic (exact) mass is 292 g/mol. The molecule has 0 unspecified atom stereocenters. The van der Waals surface area contributed by atoms with E-state index in [0.717, 1.165) is 25.7 Å². The molecule has 120 valence electrons. The van der Waals surface area contributed by atoms with Crippen molar-refractivity contribution in [1.82, 2.24) is 0 Å². The fraction of sp³-hybridized carbons (Fsp3) is 0.789. The fourth-order valence-corrected chi connectivity index (χ4v) is 5.46. The van der Waals surface area contributed by atoms with E-state index in [2.05, 4.69) is 33.9 Å².